The van der Waals surface area contributed by atoms with Gasteiger partial charge >= 0.3 is 0 Å². The van der Waals surface area contributed by atoms with Crippen molar-refractivity contribution in [1.29, 1.82) is 0 Å². The van der Waals surface area contributed by atoms with E-state index in [4.69, 9.17) is 18.0 Å². The van der Waals surface area contributed by atoms with Crippen LogP contribution < -0.4 is 11.1 Å². The van der Waals surface area contributed by atoms with Gasteiger partial charge in [-0.25, -0.2) is 0 Å². The number of thiocarbonyl (C=S) groups is 1. The fraction of sp³-hybridized carbons (Fsp3) is 0.118. The molecule has 0 unspecified atom stereocenters. The number of anilines is 1. The van der Waals surface area contributed by atoms with E-state index in [2.05, 4.69) is 42.6 Å². The summed E-state index contributed by atoms with van der Waals surface area (Å²) < 4.78 is 0. The molecule has 0 saturated heterocycles. The van der Waals surface area contributed by atoms with Gasteiger partial charge in [0.1, 0.15) is 4.99 Å². The van der Waals surface area contributed by atoms with Crippen molar-refractivity contribution in [1.82, 2.24) is 0 Å². The molecule has 0 aliphatic carbocycles. The number of nitrogens with one attached hydrogen (secondary N) is 1. The van der Waals surface area contributed by atoms with Gasteiger partial charge in [0.05, 0.1) is 0 Å². The van der Waals surface area contributed by atoms with Crippen molar-refractivity contribution in [2.45, 2.75) is 13.5 Å². The van der Waals surface area contributed by atoms with Gasteiger partial charge in [0, 0.05) is 32.9 Å². The monoisotopic (exact) mass is 312 g/mol. The molecule has 0 saturated carbocycles. The first-order valence-electron chi connectivity index (χ1n) is 6.76. The van der Waals surface area contributed by atoms with Crippen LogP contribution in [0.3, 0.4) is 0 Å². The third kappa shape index (κ3) is 2.91. The first kappa shape index (κ1) is 14.0. The fourth-order valence-electron chi connectivity index (χ4n) is 2.43. The largest absolute Gasteiger partial charge is 0.389 e. The van der Waals surface area contributed by atoms with E-state index in [0.717, 1.165) is 28.6 Å². The molecule has 3 N–H and O–H groups in total. The summed E-state index contributed by atoms with van der Waals surface area (Å²) >= 11 is 6.95. The van der Waals surface area contributed by atoms with Crippen molar-refractivity contribution in [2.24, 2.45) is 5.73 Å². The van der Waals surface area contributed by atoms with Crippen LogP contribution in [0.25, 0.3) is 10.8 Å². The van der Waals surface area contributed by atoms with E-state index in [0.29, 0.717) is 4.99 Å². The maximum Gasteiger partial charge on any atom is 0.104 e. The van der Waals surface area contributed by atoms with Gasteiger partial charge in [0.25, 0.3) is 0 Å². The van der Waals surface area contributed by atoms with Crippen molar-refractivity contribution < 1.29 is 0 Å². The molecule has 1 heterocycles. The number of aryl methyl sites for hydroxylation is 1. The van der Waals surface area contributed by atoms with Crippen molar-refractivity contribution in [3.8, 4) is 0 Å². The molecule has 2 nitrogen and oxygen atoms in total. The number of hydrogen-bond acceptors (Lipinski definition) is 3. The Hall–Kier alpha value is -1.91. The van der Waals surface area contributed by atoms with Crippen LogP contribution in [0.2, 0.25) is 0 Å². The van der Waals surface area contributed by atoms with Crippen LogP contribution in [0, 0.1) is 6.92 Å². The Morgan fingerprint density at radius 2 is 1.86 bits per heavy atom. The van der Waals surface area contributed by atoms with E-state index in [1.54, 1.807) is 0 Å². The normalized spacial score (nSPS) is 10.7. The summed E-state index contributed by atoms with van der Waals surface area (Å²) in [6.45, 7) is 2.95. The number of rotatable bonds is 4. The molecule has 3 aromatic rings. The van der Waals surface area contributed by atoms with Gasteiger partial charge in [-0.3, -0.25) is 0 Å². The predicted molar refractivity (Wildman–Crippen MR) is 96.2 cm³/mol. The zero-order chi connectivity index (χ0) is 14.8. The molecule has 2 aromatic carbocycles. The molecular weight excluding hydrogens is 296 g/mol. The van der Waals surface area contributed by atoms with Crippen molar-refractivity contribution in [3.05, 3.63) is 63.8 Å². The van der Waals surface area contributed by atoms with Crippen LogP contribution in [0.4, 0.5) is 5.69 Å². The highest BCUT2D eigenvalue weighted by molar-refractivity contribution is 7.80. The van der Waals surface area contributed by atoms with Gasteiger partial charge in [-0.05, 0) is 36.6 Å². The summed E-state index contributed by atoms with van der Waals surface area (Å²) in [5, 5.41) is 5.75. The van der Waals surface area contributed by atoms with Crippen LogP contribution in [0.15, 0.2) is 48.5 Å². The zero-order valence-electron chi connectivity index (χ0n) is 11.7. The summed E-state index contributed by atoms with van der Waals surface area (Å²) in [7, 11) is 0. The number of benzene rings is 2. The Morgan fingerprint density at radius 1 is 1.10 bits per heavy atom. The lowest BCUT2D eigenvalue weighted by molar-refractivity contribution is 1.20. The summed E-state index contributed by atoms with van der Waals surface area (Å²) in [6, 6.07) is 16.6. The molecule has 0 aliphatic heterocycles. The third-order valence-corrected chi connectivity index (χ3v) is 4.66. The molecular formula is C17H16N2S2. The first-order valence-corrected chi connectivity index (χ1v) is 7.98. The molecule has 0 fully saturated rings. The summed E-state index contributed by atoms with van der Waals surface area (Å²) in [4.78, 5) is 3.10. The topological polar surface area (TPSA) is 38.0 Å². The SMILES string of the molecule is Cc1ccc(CNc2ccc(C(N)=S)c3ccccc23)s1. The van der Waals surface area contributed by atoms with E-state index in [-0.39, 0.29) is 0 Å². The van der Waals surface area contributed by atoms with Crippen LogP contribution in [-0.4, -0.2) is 4.99 Å². The Kier molecular flexibility index (Phi) is 3.90. The van der Waals surface area contributed by atoms with Gasteiger partial charge in [-0.1, -0.05) is 36.5 Å². The number of nitrogens with two attached hydrogens (primary N) is 1. The average molecular weight is 312 g/mol. The molecule has 3 rings (SSSR count). The maximum absolute atomic E-state index is 5.81. The average Bonchev–Trinajstić information content (AvgIpc) is 2.90. The van der Waals surface area contributed by atoms with Gasteiger partial charge < -0.3 is 11.1 Å². The highest BCUT2D eigenvalue weighted by Gasteiger charge is 2.07. The molecule has 4 heteroatoms. The van der Waals surface area contributed by atoms with Crippen molar-refractivity contribution in [2.75, 3.05) is 5.32 Å². The quantitative estimate of drug-likeness (QED) is 0.699. The second-order valence-electron chi connectivity index (χ2n) is 4.94. The lowest BCUT2D eigenvalue weighted by Crippen LogP contribution is -2.10. The molecule has 0 radical (unpaired) electrons. The highest BCUT2D eigenvalue weighted by Crippen LogP contribution is 2.27. The Balaban J connectivity index is 1.96. The molecule has 0 spiro atoms. The highest BCUT2D eigenvalue weighted by atomic mass is 32.1. The minimum absolute atomic E-state index is 0.437. The number of hydrogen-bond donors (Lipinski definition) is 2. The van der Waals surface area contributed by atoms with Crippen LogP contribution in [0.5, 0.6) is 0 Å². The van der Waals surface area contributed by atoms with Crippen LogP contribution in [-0.2, 0) is 6.54 Å². The van der Waals surface area contributed by atoms with E-state index in [1.807, 2.05) is 29.5 Å². The number of thiophene rings is 1. The molecule has 0 atom stereocenters. The smallest absolute Gasteiger partial charge is 0.104 e. The van der Waals surface area contributed by atoms with Gasteiger partial charge in [-0.15, -0.1) is 11.3 Å². The Labute approximate surface area is 133 Å². The lowest BCUT2D eigenvalue weighted by atomic mass is 10.0. The number of fused-ring (bicyclic) bond motifs is 1. The predicted octanol–water partition coefficient (Wildman–Crippen LogP) is 4.46. The lowest BCUT2D eigenvalue weighted by Gasteiger charge is -2.12. The summed E-state index contributed by atoms with van der Waals surface area (Å²) in [5.74, 6) is 0. The van der Waals surface area contributed by atoms with Crippen LogP contribution >= 0.6 is 23.6 Å². The molecule has 1 aromatic heterocycles. The van der Waals surface area contributed by atoms with Crippen molar-refractivity contribution in [3.63, 3.8) is 0 Å². The minimum Gasteiger partial charge on any atom is -0.389 e. The van der Waals surface area contributed by atoms with Gasteiger partial charge in [0.15, 0.2) is 0 Å². The summed E-state index contributed by atoms with van der Waals surface area (Å²) in [5.41, 5.74) is 7.85. The fourth-order valence-corrected chi connectivity index (χ4v) is 3.44. The molecule has 0 aliphatic rings. The second kappa shape index (κ2) is 5.84. The van der Waals surface area contributed by atoms with E-state index in [9.17, 15) is 0 Å². The Morgan fingerprint density at radius 3 is 2.52 bits per heavy atom. The van der Waals surface area contributed by atoms with E-state index < -0.39 is 0 Å². The zero-order valence-corrected chi connectivity index (χ0v) is 13.4. The standard InChI is InChI=1S/C17H16N2S2/c1-11-6-7-12(21-11)10-19-16-9-8-15(17(18)20)13-4-2-3-5-14(13)16/h2-9,19H,10H2,1H3,(H2,18,20). The van der Waals surface area contributed by atoms with E-state index >= 15 is 0 Å². The van der Waals surface area contributed by atoms with Gasteiger partial charge in [0.2, 0.25) is 0 Å². The van der Waals surface area contributed by atoms with Crippen molar-refractivity contribution >= 4 is 45.0 Å². The minimum atomic E-state index is 0.437. The molecule has 0 bridgehead atoms. The first-order chi connectivity index (χ1) is 10.1. The summed E-state index contributed by atoms with van der Waals surface area (Å²) in [6.07, 6.45) is 0. The molecule has 106 valence electrons. The van der Waals surface area contributed by atoms with Crippen LogP contribution in [0.1, 0.15) is 15.3 Å². The molecule has 0 amide bonds. The molecule has 21 heavy (non-hydrogen) atoms. The maximum atomic E-state index is 5.81. The second-order valence-corrected chi connectivity index (χ2v) is 6.75. The Bertz CT molecular complexity index is 805. The van der Waals surface area contributed by atoms with Gasteiger partial charge in [-0.2, -0.15) is 0 Å². The third-order valence-electron chi connectivity index (χ3n) is 3.44. The van der Waals surface area contributed by atoms with E-state index in [1.165, 1.54) is 9.75 Å².